The predicted molar refractivity (Wildman–Crippen MR) is 132 cm³/mol. The van der Waals surface area contributed by atoms with Gasteiger partial charge in [0.05, 0.1) is 24.2 Å². The zero-order chi connectivity index (χ0) is 23.7. The number of carbonyl (C=O) groups excluding carboxylic acids is 2. The molecule has 0 radical (unpaired) electrons. The molecule has 2 heterocycles. The lowest BCUT2D eigenvalue weighted by atomic mass is 9.97. The van der Waals surface area contributed by atoms with Gasteiger partial charge in [-0.1, -0.05) is 37.6 Å². The molecule has 1 atom stereocenters. The van der Waals surface area contributed by atoms with Gasteiger partial charge in [-0.05, 0) is 61.2 Å². The highest BCUT2D eigenvalue weighted by Crippen LogP contribution is 2.42. The maximum atomic E-state index is 14.0. The smallest absolute Gasteiger partial charge is 0.247 e. The van der Waals surface area contributed by atoms with Crippen LogP contribution in [0.15, 0.2) is 66.9 Å². The molecular weight excluding hydrogens is 426 g/mol. The first kappa shape index (κ1) is 22.3. The Hall–Kier alpha value is -3.54. The van der Waals surface area contributed by atoms with Crippen LogP contribution < -0.4 is 9.64 Å². The van der Waals surface area contributed by atoms with E-state index in [9.17, 15) is 9.59 Å². The van der Waals surface area contributed by atoms with Crippen LogP contribution in [0.3, 0.4) is 0 Å². The van der Waals surface area contributed by atoms with Crippen LogP contribution in [0.4, 0.5) is 5.69 Å². The number of hydrogen-bond acceptors (Lipinski definition) is 3. The highest BCUT2D eigenvalue weighted by atomic mass is 16.5. The van der Waals surface area contributed by atoms with E-state index in [1.165, 1.54) is 0 Å². The fourth-order valence-electron chi connectivity index (χ4n) is 4.86. The lowest BCUT2D eigenvalue weighted by Crippen LogP contribution is -2.47. The molecule has 6 nitrogen and oxygen atoms in total. The number of carbonyl (C=O) groups is 2. The van der Waals surface area contributed by atoms with Gasteiger partial charge < -0.3 is 14.2 Å². The van der Waals surface area contributed by atoms with Crippen molar-refractivity contribution in [3.63, 3.8) is 0 Å². The number of amides is 2. The lowest BCUT2D eigenvalue weighted by molar-refractivity contribution is -0.136. The summed E-state index contributed by atoms with van der Waals surface area (Å²) < 4.78 is 7.51. The van der Waals surface area contributed by atoms with Crippen LogP contribution in [-0.2, 0) is 9.59 Å². The van der Waals surface area contributed by atoms with E-state index in [2.05, 4.69) is 17.6 Å². The van der Waals surface area contributed by atoms with Gasteiger partial charge in [0, 0.05) is 18.7 Å². The zero-order valence-electron chi connectivity index (χ0n) is 19.8. The molecule has 1 aromatic heterocycles. The van der Waals surface area contributed by atoms with Crippen LogP contribution in [0.2, 0.25) is 0 Å². The third kappa shape index (κ3) is 4.09. The van der Waals surface area contributed by atoms with E-state index in [-0.39, 0.29) is 30.4 Å². The minimum atomic E-state index is -0.296. The molecule has 3 aromatic rings. The van der Waals surface area contributed by atoms with Gasteiger partial charge in [0.25, 0.3) is 0 Å². The fourth-order valence-corrected chi connectivity index (χ4v) is 4.86. The monoisotopic (exact) mass is 457 g/mol. The van der Waals surface area contributed by atoms with Gasteiger partial charge >= 0.3 is 0 Å². The predicted octanol–water partition coefficient (Wildman–Crippen LogP) is 5.10. The Balaban J connectivity index is 1.54. The molecule has 0 bridgehead atoms. The average molecular weight is 458 g/mol. The first-order valence-electron chi connectivity index (χ1n) is 12.1. The Labute approximate surface area is 200 Å². The molecule has 1 aliphatic heterocycles. The second kappa shape index (κ2) is 9.37. The van der Waals surface area contributed by atoms with Crippen molar-refractivity contribution in [2.24, 2.45) is 0 Å². The highest BCUT2D eigenvalue weighted by Gasteiger charge is 2.39. The van der Waals surface area contributed by atoms with Crippen LogP contribution in [0, 0.1) is 0 Å². The quantitative estimate of drug-likeness (QED) is 0.473. The van der Waals surface area contributed by atoms with Gasteiger partial charge in [-0.25, -0.2) is 0 Å². The number of hydrogen-bond donors (Lipinski definition) is 0. The number of methoxy groups -OCH3 is 1. The van der Waals surface area contributed by atoms with Crippen molar-refractivity contribution in [3.8, 4) is 11.4 Å². The lowest BCUT2D eigenvalue weighted by Gasteiger charge is -2.39. The van der Waals surface area contributed by atoms with Crippen LogP contribution in [0.1, 0.15) is 56.3 Å². The standard InChI is InChI=1S/C28H31N3O3/c1-3-4-11-26(32)30(21-14-15-21)19-27(33)31-24-9-6-5-8-23(24)29-18-7-10-25(29)28(31)20-12-16-22(34-2)17-13-20/h5-10,12-13,16-18,21,28H,3-4,11,14-15,19H2,1-2H3. The SMILES string of the molecule is CCCCC(=O)N(CC(=O)N1c2ccccc2-n2cccc2C1c1ccc(OC)cc1)C1CC1. The molecule has 5 rings (SSSR count). The first-order chi connectivity index (χ1) is 16.6. The third-order valence-electron chi connectivity index (χ3n) is 6.78. The molecule has 2 amide bonds. The largest absolute Gasteiger partial charge is 0.497 e. The summed E-state index contributed by atoms with van der Waals surface area (Å²) in [4.78, 5) is 30.7. The Morgan fingerprint density at radius 3 is 2.41 bits per heavy atom. The van der Waals surface area contributed by atoms with Crippen molar-refractivity contribution in [2.45, 2.75) is 51.1 Å². The third-order valence-corrected chi connectivity index (χ3v) is 6.78. The summed E-state index contributed by atoms with van der Waals surface area (Å²) in [6.07, 6.45) is 6.32. The molecule has 1 saturated carbocycles. The van der Waals surface area contributed by atoms with E-state index in [1.807, 2.05) is 70.6 Å². The molecule has 34 heavy (non-hydrogen) atoms. The number of benzene rings is 2. The van der Waals surface area contributed by atoms with Gasteiger partial charge in [-0.2, -0.15) is 0 Å². The summed E-state index contributed by atoms with van der Waals surface area (Å²) in [6.45, 7) is 2.19. The maximum absolute atomic E-state index is 14.0. The van der Waals surface area contributed by atoms with Crippen molar-refractivity contribution >= 4 is 17.5 Å². The molecule has 6 heteroatoms. The Kier molecular flexibility index (Phi) is 6.14. The number of unbranched alkanes of at least 4 members (excludes halogenated alkanes) is 1. The Morgan fingerprint density at radius 2 is 1.74 bits per heavy atom. The second-order valence-corrected chi connectivity index (χ2v) is 9.09. The number of nitrogens with zero attached hydrogens (tertiary/aromatic N) is 3. The number of para-hydroxylation sites is 2. The van der Waals surface area contributed by atoms with Gasteiger partial charge in [-0.3, -0.25) is 14.5 Å². The molecular formula is C28H31N3O3. The molecule has 0 N–H and O–H groups in total. The molecule has 1 fully saturated rings. The highest BCUT2D eigenvalue weighted by molar-refractivity contribution is 6.00. The number of fused-ring (bicyclic) bond motifs is 3. The van der Waals surface area contributed by atoms with E-state index in [4.69, 9.17) is 4.74 Å². The van der Waals surface area contributed by atoms with E-state index in [1.54, 1.807) is 7.11 Å². The minimum absolute atomic E-state index is 0.0579. The van der Waals surface area contributed by atoms with Gasteiger partial charge in [-0.15, -0.1) is 0 Å². The Bertz CT molecular complexity index is 1180. The van der Waals surface area contributed by atoms with Crippen molar-refractivity contribution in [1.82, 2.24) is 9.47 Å². The molecule has 0 spiro atoms. The summed E-state index contributed by atoms with van der Waals surface area (Å²) in [6, 6.07) is 19.8. The van der Waals surface area contributed by atoms with E-state index in [0.29, 0.717) is 6.42 Å². The van der Waals surface area contributed by atoms with E-state index >= 15 is 0 Å². The molecule has 1 aliphatic carbocycles. The van der Waals surface area contributed by atoms with Crippen molar-refractivity contribution in [1.29, 1.82) is 0 Å². The number of ether oxygens (including phenoxy) is 1. The first-order valence-corrected chi connectivity index (χ1v) is 12.1. The van der Waals surface area contributed by atoms with Crippen molar-refractivity contribution < 1.29 is 14.3 Å². The summed E-state index contributed by atoms with van der Waals surface area (Å²) in [7, 11) is 1.65. The van der Waals surface area contributed by atoms with Crippen molar-refractivity contribution in [3.05, 3.63) is 78.1 Å². The molecule has 2 aromatic carbocycles. The molecule has 176 valence electrons. The topological polar surface area (TPSA) is 54.8 Å². The van der Waals surface area contributed by atoms with E-state index < -0.39 is 0 Å². The molecule has 1 unspecified atom stereocenters. The van der Waals surface area contributed by atoms with Gasteiger partial charge in [0.15, 0.2) is 0 Å². The normalized spacial score (nSPS) is 16.5. The molecule has 2 aliphatic rings. The summed E-state index contributed by atoms with van der Waals surface area (Å²) >= 11 is 0. The summed E-state index contributed by atoms with van der Waals surface area (Å²) in [5, 5.41) is 0. The van der Waals surface area contributed by atoms with E-state index in [0.717, 1.165) is 54.1 Å². The minimum Gasteiger partial charge on any atom is -0.497 e. The zero-order valence-corrected chi connectivity index (χ0v) is 19.8. The number of rotatable bonds is 8. The van der Waals surface area contributed by atoms with Gasteiger partial charge in [0.1, 0.15) is 18.3 Å². The van der Waals surface area contributed by atoms with Gasteiger partial charge in [0.2, 0.25) is 11.8 Å². The summed E-state index contributed by atoms with van der Waals surface area (Å²) in [5.41, 5.74) is 3.84. The second-order valence-electron chi connectivity index (χ2n) is 9.09. The van der Waals surface area contributed by atoms with Crippen LogP contribution >= 0.6 is 0 Å². The number of anilines is 1. The summed E-state index contributed by atoms with van der Waals surface area (Å²) in [5.74, 6) is 0.805. The fraction of sp³-hybridized carbons (Fsp3) is 0.357. The Morgan fingerprint density at radius 1 is 1.00 bits per heavy atom. The van der Waals surface area contributed by atoms with Crippen molar-refractivity contribution in [2.75, 3.05) is 18.6 Å². The van der Waals surface area contributed by atoms with Crippen LogP contribution in [0.25, 0.3) is 5.69 Å². The van der Waals surface area contributed by atoms with Crippen LogP contribution in [0.5, 0.6) is 5.75 Å². The molecule has 0 saturated heterocycles. The maximum Gasteiger partial charge on any atom is 0.247 e. The van der Waals surface area contributed by atoms with Crippen LogP contribution in [-0.4, -0.2) is 41.0 Å². The number of aromatic nitrogens is 1. The average Bonchev–Trinajstić information content (AvgIpc) is 3.60.